The van der Waals surface area contributed by atoms with E-state index in [1.807, 2.05) is 11.8 Å². The molecule has 2 heterocycles. The average Bonchev–Trinajstić information content (AvgIpc) is 3.50. The van der Waals surface area contributed by atoms with Gasteiger partial charge in [-0.05, 0) is 55.2 Å². The number of carbonyl (C=O) groups is 2. The molecule has 1 aromatic carbocycles. The Balaban J connectivity index is 1.51. The van der Waals surface area contributed by atoms with Crippen molar-refractivity contribution in [2.24, 2.45) is 11.3 Å². The third kappa shape index (κ3) is 4.25. The molecule has 1 saturated carbocycles. The van der Waals surface area contributed by atoms with E-state index in [1.165, 1.54) is 10.4 Å². The standard InChI is InChI=1S/C24H30N2O2S/c1-2-25-23(28)24(13-14-26(17-24)22(27)20-6-3-4-7-20)16-18-9-11-19(12-10-18)21-8-5-15-29-21/h5,8-12,15,20H,2-4,6-7,13-14,16-17H2,1H3,(H,25,28). The number of likely N-dealkylation sites (tertiary alicyclic amines) is 1. The fourth-order valence-corrected chi connectivity index (χ4v) is 5.60. The van der Waals surface area contributed by atoms with Crippen LogP contribution in [0.4, 0.5) is 0 Å². The van der Waals surface area contributed by atoms with Crippen LogP contribution in [0.25, 0.3) is 10.4 Å². The van der Waals surface area contributed by atoms with Crippen LogP contribution in [0, 0.1) is 11.3 Å². The van der Waals surface area contributed by atoms with Crippen LogP contribution in [0.15, 0.2) is 41.8 Å². The predicted molar refractivity (Wildman–Crippen MR) is 118 cm³/mol. The number of amides is 2. The van der Waals surface area contributed by atoms with Crippen LogP contribution in [0.2, 0.25) is 0 Å². The second-order valence-corrected chi connectivity index (χ2v) is 9.43. The van der Waals surface area contributed by atoms with Crippen LogP contribution in [0.5, 0.6) is 0 Å². The van der Waals surface area contributed by atoms with E-state index in [1.54, 1.807) is 11.3 Å². The van der Waals surface area contributed by atoms with Crippen molar-refractivity contribution in [1.82, 2.24) is 10.2 Å². The quantitative estimate of drug-likeness (QED) is 0.762. The summed E-state index contributed by atoms with van der Waals surface area (Å²) in [4.78, 5) is 29.2. The largest absolute Gasteiger partial charge is 0.356 e. The molecule has 0 bridgehead atoms. The van der Waals surface area contributed by atoms with Gasteiger partial charge in [0.25, 0.3) is 0 Å². The summed E-state index contributed by atoms with van der Waals surface area (Å²) in [5, 5.41) is 5.12. The molecule has 29 heavy (non-hydrogen) atoms. The van der Waals surface area contributed by atoms with Crippen molar-refractivity contribution in [1.29, 1.82) is 0 Å². The van der Waals surface area contributed by atoms with E-state index in [2.05, 4.69) is 47.1 Å². The molecule has 4 rings (SSSR count). The molecule has 1 aromatic heterocycles. The summed E-state index contributed by atoms with van der Waals surface area (Å²) in [6.45, 7) is 3.81. The smallest absolute Gasteiger partial charge is 0.228 e. The highest BCUT2D eigenvalue weighted by molar-refractivity contribution is 7.13. The van der Waals surface area contributed by atoms with Gasteiger partial charge in [0.15, 0.2) is 0 Å². The zero-order valence-corrected chi connectivity index (χ0v) is 18.0. The van der Waals surface area contributed by atoms with E-state index in [0.717, 1.165) is 37.7 Å². The first kappa shape index (κ1) is 20.1. The Morgan fingerprint density at radius 2 is 1.93 bits per heavy atom. The van der Waals surface area contributed by atoms with E-state index in [9.17, 15) is 9.59 Å². The van der Waals surface area contributed by atoms with Gasteiger partial charge in [-0.3, -0.25) is 9.59 Å². The van der Waals surface area contributed by atoms with Crippen molar-refractivity contribution >= 4 is 23.2 Å². The molecule has 1 aliphatic heterocycles. The van der Waals surface area contributed by atoms with Gasteiger partial charge >= 0.3 is 0 Å². The SMILES string of the molecule is CCNC(=O)C1(Cc2ccc(-c3cccs3)cc2)CCN(C(=O)C2CCCC2)C1. The molecule has 1 aliphatic carbocycles. The highest BCUT2D eigenvalue weighted by Crippen LogP contribution is 2.37. The maximum Gasteiger partial charge on any atom is 0.228 e. The van der Waals surface area contributed by atoms with Crippen LogP contribution in [-0.4, -0.2) is 36.3 Å². The summed E-state index contributed by atoms with van der Waals surface area (Å²) < 4.78 is 0. The summed E-state index contributed by atoms with van der Waals surface area (Å²) >= 11 is 1.73. The Morgan fingerprint density at radius 1 is 1.17 bits per heavy atom. The van der Waals surface area contributed by atoms with Crippen LogP contribution in [0.1, 0.15) is 44.6 Å². The van der Waals surface area contributed by atoms with Crippen molar-refractivity contribution in [3.63, 3.8) is 0 Å². The number of rotatable bonds is 6. The van der Waals surface area contributed by atoms with Crippen molar-refractivity contribution < 1.29 is 9.59 Å². The third-order valence-electron chi connectivity index (χ3n) is 6.49. The van der Waals surface area contributed by atoms with E-state index in [0.29, 0.717) is 26.1 Å². The van der Waals surface area contributed by atoms with Crippen molar-refractivity contribution in [2.75, 3.05) is 19.6 Å². The monoisotopic (exact) mass is 410 g/mol. The lowest BCUT2D eigenvalue weighted by atomic mass is 9.79. The molecule has 0 spiro atoms. The topological polar surface area (TPSA) is 49.4 Å². The average molecular weight is 411 g/mol. The zero-order chi connectivity index (χ0) is 20.3. The number of benzene rings is 1. The molecule has 1 N–H and O–H groups in total. The van der Waals surface area contributed by atoms with Crippen molar-refractivity contribution in [3.05, 3.63) is 47.3 Å². The Bertz CT molecular complexity index is 840. The summed E-state index contributed by atoms with van der Waals surface area (Å²) in [6.07, 6.45) is 5.74. The molecule has 2 amide bonds. The predicted octanol–water partition coefficient (Wildman–Crippen LogP) is 4.50. The molecule has 5 heteroatoms. The molecule has 2 fully saturated rings. The first-order valence-corrected chi connectivity index (χ1v) is 11.7. The third-order valence-corrected chi connectivity index (χ3v) is 7.41. The molecule has 2 aliphatic rings. The number of hydrogen-bond acceptors (Lipinski definition) is 3. The summed E-state index contributed by atoms with van der Waals surface area (Å²) in [5.74, 6) is 0.524. The van der Waals surface area contributed by atoms with Crippen LogP contribution in [0.3, 0.4) is 0 Å². The second-order valence-electron chi connectivity index (χ2n) is 8.48. The lowest BCUT2D eigenvalue weighted by molar-refractivity contribution is -0.136. The molecule has 4 nitrogen and oxygen atoms in total. The van der Waals surface area contributed by atoms with E-state index < -0.39 is 5.41 Å². The van der Waals surface area contributed by atoms with Crippen molar-refractivity contribution in [3.8, 4) is 10.4 Å². The zero-order valence-electron chi connectivity index (χ0n) is 17.2. The number of carbonyl (C=O) groups excluding carboxylic acids is 2. The maximum atomic E-state index is 13.1. The van der Waals surface area contributed by atoms with Crippen LogP contribution < -0.4 is 5.32 Å². The van der Waals surface area contributed by atoms with Gasteiger partial charge in [-0.25, -0.2) is 0 Å². The van der Waals surface area contributed by atoms with E-state index in [4.69, 9.17) is 0 Å². The molecule has 1 unspecified atom stereocenters. The first-order chi connectivity index (χ1) is 14.1. The highest BCUT2D eigenvalue weighted by atomic mass is 32.1. The van der Waals surface area contributed by atoms with Gasteiger partial charge in [0, 0.05) is 30.4 Å². The Labute approximate surface area is 177 Å². The van der Waals surface area contributed by atoms with Crippen molar-refractivity contribution in [2.45, 2.75) is 45.4 Å². The van der Waals surface area contributed by atoms with Gasteiger partial charge in [0.2, 0.25) is 11.8 Å². The van der Waals surface area contributed by atoms with E-state index >= 15 is 0 Å². The number of nitrogens with one attached hydrogen (secondary N) is 1. The fraction of sp³-hybridized carbons (Fsp3) is 0.500. The van der Waals surface area contributed by atoms with Gasteiger partial charge in [-0.1, -0.05) is 43.2 Å². The molecule has 2 aromatic rings. The summed E-state index contributed by atoms with van der Waals surface area (Å²) in [6, 6.07) is 12.7. The molecular formula is C24H30N2O2S. The fourth-order valence-electron chi connectivity index (χ4n) is 4.87. The first-order valence-electron chi connectivity index (χ1n) is 10.8. The number of hydrogen-bond donors (Lipinski definition) is 1. The number of thiophene rings is 1. The second kappa shape index (κ2) is 8.70. The van der Waals surface area contributed by atoms with Crippen LogP contribution in [-0.2, 0) is 16.0 Å². The molecular weight excluding hydrogens is 380 g/mol. The van der Waals surface area contributed by atoms with Gasteiger partial charge in [-0.15, -0.1) is 11.3 Å². The molecule has 1 saturated heterocycles. The molecule has 154 valence electrons. The Morgan fingerprint density at radius 3 is 2.59 bits per heavy atom. The van der Waals surface area contributed by atoms with Gasteiger partial charge < -0.3 is 10.2 Å². The Kier molecular flexibility index (Phi) is 6.04. The lowest BCUT2D eigenvalue weighted by Gasteiger charge is -2.29. The lowest BCUT2D eigenvalue weighted by Crippen LogP contribution is -2.45. The number of nitrogens with zero attached hydrogens (tertiary/aromatic N) is 1. The summed E-state index contributed by atoms with van der Waals surface area (Å²) in [7, 11) is 0. The maximum absolute atomic E-state index is 13.1. The van der Waals surface area contributed by atoms with Gasteiger partial charge in [0.1, 0.15) is 0 Å². The van der Waals surface area contributed by atoms with E-state index in [-0.39, 0.29) is 17.7 Å². The minimum absolute atomic E-state index is 0.0871. The van der Waals surface area contributed by atoms with Gasteiger partial charge in [0.05, 0.1) is 5.41 Å². The molecule has 0 radical (unpaired) electrons. The normalized spacial score (nSPS) is 22.2. The minimum Gasteiger partial charge on any atom is -0.356 e. The Hall–Kier alpha value is -2.14. The summed E-state index contributed by atoms with van der Waals surface area (Å²) in [5.41, 5.74) is 1.85. The highest BCUT2D eigenvalue weighted by Gasteiger charge is 2.46. The minimum atomic E-state index is -0.519. The molecule has 1 atom stereocenters. The van der Waals surface area contributed by atoms with Crippen LogP contribution >= 0.6 is 11.3 Å². The van der Waals surface area contributed by atoms with Gasteiger partial charge in [-0.2, -0.15) is 0 Å².